The Bertz CT molecular complexity index is 538. The average Bonchev–Trinajstić information content (AvgIpc) is 2.76. The number of hydrogen-bond donors (Lipinski definition) is 0. The highest BCUT2D eigenvalue weighted by molar-refractivity contribution is 5.89. The molecule has 156 valence electrons. The minimum Gasteiger partial charge on any atom is -0.481 e. The van der Waals surface area contributed by atoms with Gasteiger partial charge in [-0.15, -0.1) is 0 Å². The van der Waals surface area contributed by atoms with Crippen molar-refractivity contribution in [2.75, 3.05) is 26.9 Å². The zero-order valence-electron chi connectivity index (χ0n) is 18.5. The fourth-order valence-corrected chi connectivity index (χ4v) is 2.12. The molecule has 1 saturated heterocycles. The second-order valence-electron chi connectivity index (χ2n) is 5.28. The molecule has 4 nitrogen and oxygen atoms in total. The molecular formula is C23H40O4. The first-order chi connectivity index (χ1) is 13.1. The lowest BCUT2D eigenvalue weighted by molar-refractivity contribution is 0.0486. The maximum atomic E-state index is 11.3. The smallest absolute Gasteiger partial charge is 0.337 e. The molecule has 1 aromatic carbocycles. The van der Waals surface area contributed by atoms with E-state index in [1.807, 2.05) is 41.5 Å². The molecule has 27 heavy (non-hydrogen) atoms. The van der Waals surface area contributed by atoms with Crippen LogP contribution in [0, 0.1) is 17.3 Å². The van der Waals surface area contributed by atoms with Crippen LogP contribution in [0.15, 0.2) is 24.3 Å². The van der Waals surface area contributed by atoms with Crippen molar-refractivity contribution in [1.29, 1.82) is 0 Å². The molecule has 0 saturated carbocycles. The van der Waals surface area contributed by atoms with Crippen molar-refractivity contribution < 1.29 is 20.4 Å². The summed E-state index contributed by atoms with van der Waals surface area (Å²) in [5.41, 5.74) is 0.543. The summed E-state index contributed by atoms with van der Waals surface area (Å²) in [7, 11) is 1.36. The highest BCUT2D eigenvalue weighted by atomic mass is 16.5. The molecule has 0 N–H and O–H groups in total. The van der Waals surface area contributed by atoms with Crippen LogP contribution in [0.25, 0.3) is 0 Å². The minimum absolute atomic E-state index is 0. The van der Waals surface area contributed by atoms with Crippen molar-refractivity contribution in [2.24, 2.45) is 5.41 Å². The van der Waals surface area contributed by atoms with E-state index in [2.05, 4.69) is 23.5 Å². The Morgan fingerprint density at radius 1 is 1.07 bits per heavy atom. The van der Waals surface area contributed by atoms with Crippen LogP contribution in [0.4, 0.5) is 0 Å². The number of ether oxygens (including phenoxy) is 3. The number of rotatable bonds is 3. The zero-order chi connectivity index (χ0) is 21.1. The number of hydrogen-bond acceptors (Lipinski definition) is 4. The van der Waals surface area contributed by atoms with Gasteiger partial charge in [0.15, 0.2) is 0 Å². The summed E-state index contributed by atoms with van der Waals surface area (Å²) in [6, 6.07) is 6.83. The number of benzene rings is 1. The highest BCUT2D eigenvalue weighted by Crippen LogP contribution is 2.28. The zero-order valence-corrected chi connectivity index (χ0v) is 18.5. The molecule has 0 aromatic heterocycles. The van der Waals surface area contributed by atoms with Crippen molar-refractivity contribution in [3.8, 4) is 17.6 Å². The predicted octanol–water partition coefficient (Wildman–Crippen LogP) is 6.00. The largest absolute Gasteiger partial charge is 0.481 e. The molecule has 1 heterocycles. The van der Waals surface area contributed by atoms with Crippen LogP contribution in [0.5, 0.6) is 5.75 Å². The Labute approximate surface area is 168 Å². The van der Waals surface area contributed by atoms with Crippen molar-refractivity contribution in [3.05, 3.63) is 29.8 Å². The van der Waals surface area contributed by atoms with Crippen molar-refractivity contribution >= 4 is 5.97 Å². The number of carbonyl (C=O) groups excluding carboxylic acids is 1. The van der Waals surface area contributed by atoms with Gasteiger partial charge in [0, 0.05) is 20.1 Å². The van der Waals surface area contributed by atoms with Crippen molar-refractivity contribution in [1.82, 2.24) is 0 Å². The van der Waals surface area contributed by atoms with Gasteiger partial charge in [-0.05, 0) is 44.0 Å². The van der Waals surface area contributed by atoms with Gasteiger partial charge in [-0.1, -0.05) is 53.4 Å². The van der Waals surface area contributed by atoms with E-state index in [4.69, 9.17) is 9.47 Å². The molecule has 0 spiro atoms. The third-order valence-corrected chi connectivity index (χ3v) is 3.57. The SMILES string of the molecule is CC.CC.CC.COC(=O)c1ccc(OCC#CC2(C)CCOCC2)cc1.[HH]. The number of esters is 1. The fraction of sp³-hybridized carbons (Fsp3) is 0.609. The lowest BCUT2D eigenvalue weighted by Crippen LogP contribution is -2.24. The van der Waals surface area contributed by atoms with Gasteiger partial charge in [0.05, 0.1) is 12.7 Å². The van der Waals surface area contributed by atoms with E-state index in [-0.39, 0.29) is 12.8 Å². The second kappa shape index (κ2) is 17.4. The summed E-state index contributed by atoms with van der Waals surface area (Å²) in [6.45, 7) is 16.1. The Morgan fingerprint density at radius 3 is 2.07 bits per heavy atom. The van der Waals surface area contributed by atoms with Crippen LogP contribution in [0.1, 0.15) is 73.1 Å². The van der Waals surface area contributed by atoms with E-state index >= 15 is 0 Å². The summed E-state index contributed by atoms with van der Waals surface area (Å²) in [6.07, 6.45) is 1.93. The van der Waals surface area contributed by atoms with Crippen LogP contribution in [-0.4, -0.2) is 32.9 Å². The summed E-state index contributed by atoms with van der Waals surface area (Å²) < 4.78 is 15.5. The molecule has 0 bridgehead atoms. The van der Waals surface area contributed by atoms with Crippen LogP contribution in [0.2, 0.25) is 0 Å². The van der Waals surface area contributed by atoms with Crippen molar-refractivity contribution in [2.45, 2.75) is 61.3 Å². The number of methoxy groups -OCH3 is 1. The Hall–Kier alpha value is -1.99. The van der Waals surface area contributed by atoms with E-state index < -0.39 is 0 Å². The third kappa shape index (κ3) is 11.4. The first-order valence-electron chi connectivity index (χ1n) is 10.0. The minimum atomic E-state index is -0.353. The van der Waals surface area contributed by atoms with E-state index in [1.165, 1.54) is 7.11 Å². The summed E-state index contributed by atoms with van der Waals surface area (Å²) in [4.78, 5) is 11.3. The molecule has 0 aliphatic carbocycles. The molecule has 1 fully saturated rings. The van der Waals surface area contributed by atoms with Gasteiger partial charge in [-0.25, -0.2) is 4.79 Å². The molecule has 1 aromatic rings. The summed E-state index contributed by atoms with van der Waals surface area (Å²) in [5.74, 6) is 6.69. The molecule has 2 rings (SSSR count). The molecular weight excluding hydrogens is 340 g/mol. The molecule has 0 unspecified atom stereocenters. The maximum absolute atomic E-state index is 11.3. The first kappa shape index (κ1) is 27.2. The Morgan fingerprint density at radius 2 is 1.59 bits per heavy atom. The van der Waals surface area contributed by atoms with E-state index in [0.29, 0.717) is 17.9 Å². The van der Waals surface area contributed by atoms with E-state index in [0.717, 1.165) is 26.1 Å². The Kier molecular flexibility index (Phi) is 17.6. The van der Waals surface area contributed by atoms with Crippen LogP contribution in [0.3, 0.4) is 0 Å². The monoisotopic (exact) mass is 380 g/mol. The van der Waals surface area contributed by atoms with Gasteiger partial charge >= 0.3 is 5.97 Å². The normalized spacial score (nSPS) is 13.5. The first-order valence-corrected chi connectivity index (χ1v) is 10.0. The molecule has 0 radical (unpaired) electrons. The van der Waals surface area contributed by atoms with Gasteiger partial charge in [0.25, 0.3) is 0 Å². The molecule has 1 aliphatic heterocycles. The third-order valence-electron chi connectivity index (χ3n) is 3.57. The second-order valence-corrected chi connectivity index (χ2v) is 5.28. The molecule has 0 amide bonds. The average molecular weight is 381 g/mol. The topological polar surface area (TPSA) is 44.8 Å². The standard InChI is InChI=1S/C17H20O4.3C2H6.H2/c1-17(9-12-20-13-10-17)8-3-11-21-15-6-4-14(5-7-15)16(18)19-2;3*1-2;/h4-7H,9-13H2,1-2H3;3*1-2H3;1H. The van der Waals surface area contributed by atoms with E-state index in [1.54, 1.807) is 24.3 Å². The van der Waals surface area contributed by atoms with E-state index in [9.17, 15) is 4.79 Å². The van der Waals surface area contributed by atoms with Crippen LogP contribution >= 0.6 is 0 Å². The predicted molar refractivity (Wildman–Crippen MR) is 115 cm³/mol. The molecule has 0 atom stereocenters. The molecule has 1 aliphatic rings. The summed E-state index contributed by atoms with van der Waals surface area (Å²) >= 11 is 0. The Balaban J connectivity index is -0.000000815. The van der Waals surface area contributed by atoms with Gasteiger partial charge in [-0.2, -0.15) is 0 Å². The summed E-state index contributed by atoms with van der Waals surface area (Å²) in [5, 5.41) is 0. The van der Waals surface area contributed by atoms with Gasteiger partial charge in [-0.3, -0.25) is 0 Å². The quantitative estimate of drug-likeness (QED) is 0.477. The highest BCUT2D eigenvalue weighted by Gasteiger charge is 2.24. The van der Waals surface area contributed by atoms with Crippen LogP contribution < -0.4 is 4.74 Å². The van der Waals surface area contributed by atoms with Crippen LogP contribution in [-0.2, 0) is 9.47 Å². The van der Waals surface area contributed by atoms with Gasteiger partial charge in [0.1, 0.15) is 12.4 Å². The van der Waals surface area contributed by atoms with Crippen molar-refractivity contribution in [3.63, 3.8) is 0 Å². The maximum Gasteiger partial charge on any atom is 0.337 e. The van der Waals surface area contributed by atoms with Gasteiger partial charge < -0.3 is 14.2 Å². The molecule has 4 heteroatoms. The lowest BCUT2D eigenvalue weighted by atomic mass is 9.83. The number of carbonyl (C=O) groups is 1. The fourth-order valence-electron chi connectivity index (χ4n) is 2.12. The lowest BCUT2D eigenvalue weighted by Gasteiger charge is -2.28. The van der Waals surface area contributed by atoms with Gasteiger partial charge in [0.2, 0.25) is 0 Å².